The predicted octanol–water partition coefficient (Wildman–Crippen LogP) is 5.35. The van der Waals surface area contributed by atoms with Crippen LogP contribution in [0, 0.1) is 0 Å². The number of aromatic amines is 2. The van der Waals surface area contributed by atoms with E-state index in [1.807, 2.05) is 18.2 Å². The summed E-state index contributed by atoms with van der Waals surface area (Å²) in [4.78, 5) is 28.1. The van der Waals surface area contributed by atoms with E-state index < -0.39 is 5.97 Å². The number of H-pyrrole nitrogens is 2. The summed E-state index contributed by atoms with van der Waals surface area (Å²) in [6.45, 7) is 0. The molecule has 0 atom stereocenters. The number of aromatic nitrogens is 2. The fourth-order valence-electron chi connectivity index (χ4n) is 2.70. The molecule has 0 fully saturated rings. The monoisotopic (exact) mass is 492 g/mol. The van der Waals surface area contributed by atoms with Gasteiger partial charge < -0.3 is 19.8 Å². The van der Waals surface area contributed by atoms with E-state index in [-0.39, 0.29) is 5.97 Å². The maximum absolute atomic E-state index is 11.4. The molecule has 2 aromatic heterocycles. The van der Waals surface area contributed by atoms with Crippen molar-refractivity contribution in [3.63, 3.8) is 0 Å². The predicted molar refractivity (Wildman–Crippen MR) is 110 cm³/mol. The summed E-state index contributed by atoms with van der Waals surface area (Å²) in [5, 5.41) is 10.7. The Morgan fingerprint density at radius 2 is 1.33 bits per heavy atom. The Morgan fingerprint density at radius 3 is 1.81 bits per heavy atom. The highest BCUT2D eigenvalue weighted by Gasteiger charge is 2.12. The second-order valence-electron chi connectivity index (χ2n) is 5.52. The molecule has 3 N–H and O–H groups in total. The molecule has 0 unspecified atom stereocenters. The Bertz CT molecular complexity index is 1150. The van der Waals surface area contributed by atoms with Gasteiger partial charge in [0.05, 0.1) is 29.3 Å². The second kappa shape index (κ2) is 7.98. The van der Waals surface area contributed by atoms with Gasteiger partial charge in [0.2, 0.25) is 0 Å². The minimum atomic E-state index is -0.917. The van der Waals surface area contributed by atoms with Crippen molar-refractivity contribution in [3.8, 4) is 0 Å². The average molecular weight is 494 g/mol. The number of halogens is 2. The number of carbonyl (C=O) groups is 2. The van der Waals surface area contributed by atoms with Gasteiger partial charge in [0.15, 0.2) is 0 Å². The van der Waals surface area contributed by atoms with Crippen molar-refractivity contribution in [3.05, 3.63) is 68.9 Å². The summed E-state index contributed by atoms with van der Waals surface area (Å²) in [5.41, 5.74) is 2.30. The van der Waals surface area contributed by atoms with Crippen molar-refractivity contribution in [2.45, 2.75) is 0 Å². The molecule has 0 aliphatic carbocycles. The van der Waals surface area contributed by atoms with Gasteiger partial charge in [-0.3, -0.25) is 0 Å². The summed E-state index contributed by atoms with van der Waals surface area (Å²) < 4.78 is 6.54. The number of methoxy groups -OCH3 is 1. The zero-order valence-corrected chi connectivity index (χ0v) is 17.2. The van der Waals surface area contributed by atoms with E-state index in [4.69, 9.17) is 5.11 Å². The normalized spacial score (nSPS) is 10.5. The summed E-state index contributed by atoms with van der Waals surface area (Å²) in [6.07, 6.45) is 3.52. The molecule has 4 aromatic rings. The summed E-state index contributed by atoms with van der Waals surface area (Å²) >= 11 is 6.76. The van der Waals surface area contributed by atoms with Gasteiger partial charge in [0.1, 0.15) is 0 Å². The fraction of sp³-hybridized carbons (Fsp3) is 0.0526. The number of rotatable bonds is 2. The van der Waals surface area contributed by atoms with E-state index >= 15 is 0 Å². The molecule has 0 saturated carbocycles. The SMILES string of the molecule is COC(=O)c1ccc(Br)c2cc[nH]c12.O=C(O)c1ccc(Br)c2cc[nH]c12. The lowest BCUT2D eigenvalue weighted by molar-refractivity contribution is 0.0602. The maximum atomic E-state index is 11.4. The molecular weight excluding hydrogens is 480 g/mol. The topological polar surface area (TPSA) is 95.2 Å². The van der Waals surface area contributed by atoms with Crippen molar-refractivity contribution < 1.29 is 19.4 Å². The molecule has 0 spiro atoms. The van der Waals surface area contributed by atoms with Gasteiger partial charge in [-0.1, -0.05) is 31.9 Å². The average Bonchev–Trinajstić information content (AvgIpc) is 3.32. The van der Waals surface area contributed by atoms with Crippen LogP contribution in [0.4, 0.5) is 0 Å². The third-order valence-corrected chi connectivity index (χ3v) is 5.36. The zero-order chi connectivity index (χ0) is 19.6. The first-order valence-electron chi connectivity index (χ1n) is 7.76. The molecule has 4 rings (SSSR count). The van der Waals surface area contributed by atoms with E-state index in [2.05, 4.69) is 46.6 Å². The van der Waals surface area contributed by atoms with Crippen molar-refractivity contribution in [1.82, 2.24) is 9.97 Å². The molecule has 0 radical (unpaired) electrons. The Labute approximate surface area is 170 Å². The van der Waals surface area contributed by atoms with E-state index in [0.29, 0.717) is 16.6 Å². The van der Waals surface area contributed by atoms with Crippen molar-refractivity contribution in [2.75, 3.05) is 7.11 Å². The van der Waals surface area contributed by atoms with Gasteiger partial charge in [0, 0.05) is 32.1 Å². The van der Waals surface area contributed by atoms with Gasteiger partial charge in [-0.05, 0) is 36.4 Å². The van der Waals surface area contributed by atoms with Gasteiger partial charge in [-0.15, -0.1) is 0 Å². The van der Waals surface area contributed by atoms with Crippen LogP contribution in [0.25, 0.3) is 21.8 Å². The lowest BCUT2D eigenvalue weighted by Gasteiger charge is -2.01. The molecule has 0 saturated heterocycles. The number of carbonyl (C=O) groups excluding carboxylic acids is 1. The van der Waals surface area contributed by atoms with Crippen LogP contribution in [0.5, 0.6) is 0 Å². The standard InChI is InChI=1S/C10H8BrNO2.C9H6BrNO2/c1-14-10(13)7-2-3-8(11)6-4-5-12-9(6)7;10-7-2-1-6(9(12)13)8-5(7)3-4-11-8/h2-5,12H,1H3;1-4,11H,(H,12,13). The van der Waals surface area contributed by atoms with Gasteiger partial charge >= 0.3 is 11.9 Å². The highest BCUT2D eigenvalue weighted by molar-refractivity contribution is 9.11. The second-order valence-corrected chi connectivity index (χ2v) is 7.23. The van der Waals surface area contributed by atoms with Crippen molar-refractivity contribution in [1.29, 1.82) is 0 Å². The fourth-order valence-corrected chi connectivity index (χ4v) is 3.63. The summed E-state index contributed by atoms with van der Waals surface area (Å²) in [6, 6.07) is 10.6. The number of aromatic carboxylic acids is 1. The molecule has 0 amide bonds. The van der Waals surface area contributed by atoms with Crippen LogP contribution in [-0.2, 0) is 4.74 Å². The summed E-state index contributed by atoms with van der Waals surface area (Å²) in [7, 11) is 1.37. The lowest BCUT2D eigenvalue weighted by atomic mass is 10.1. The first-order valence-corrected chi connectivity index (χ1v) is 9.35. The Balaban J connectivity index is 0.000000156. The molecule has 0 bridgehead atoms. The number of ether oxygens (including phenoxy) is 1. The zero-order valence-electron chi connectivity index (χ0n) is 14.0. The van der Waals surface area contributed by atoms with Crippen LogP contribution in [0.15, 0.2) is 57.7 Å². The van der Waals surface area contributed by atoms with Crippen molar-refractivity contribution in [2.24, 2.45) is 0 Å². The molecule has 2 heterocycles. The van der Waals surface area contributed by atoms with Crippen LogP contribution >= 0.6 is 31.9 Å². The van der Waals surface area contributed by atoms with Gasteiger partial charge in [-0.2, -0.15) is 0 Å². The molecule has 2 aromatic carbocycles. The first-order chi connectivity index (χ1) is 12.9. The third kappa shape index (κ3) is 3.77. The van der Waals surface area contributed by atoms with Crippen LogP contribution in [-0.4, -0.2) is 34.1 Å². The molecule has 8 heteroatoms. The Kier molecular flexibility index (Phi) is 5.67. The van der Waals surface area contributed by atoms with E-state index in [0.717, 1.165) is 25.2 Å². The minimum Gasteiger partial charge on any atom is -0.478 e. The highest BCUT2D eigenvalue weighted by Crippen LogP contribution is 2.27. The van der Waals surface area contributed by atoms with Gasteiger partial charge in [-0.25, -0.2) is 9.59 Å². The number of benzene rings is 2. The van der Waals surface area contributed by atoms with E-state index in [1.54, 1.807) is 30.6 Å². The molecule has 6 nitrogen and oxygen atoms in total. The lowest BCUT2D eigenvalue weighted by Crippen LogP contribution is -2.01. The number of carboxylic acids is 1. The Hall–Kier alpha value is -2.58. The third-order valence-electron chi connectivity index (χ3n) is 3.98. The number of carboxylic acid groups (broad SMARTS) is 1. The number of esters is 1. The number of fused-ring (bicyclic) bond motifs is 2. The Morgan fingerprint density at radius 1 is 0.852 bits per heavy atom. The smallest absolute Gasteiger partial charge is 0.339 e. The number of hydrogen-bond donors (Lipinski definition) is 3. The number of nitrogens with one attached hydrogen (secondary N) is 2. The quantitative estimate of drug-likeness (QED) is 0.328. The van der Waals surface area contributed by atoms with E-state index in [1.165, 1.54) is 7.11 Å². The number of hydrogen-bond acceptors (Lipinski definition) is 3. The molecule has 27 heavy (non-hydrogen) atoms. The molecule has 0 aliphatic rings. The first kappa shape index (κ1) is 19.2. The van der Waals surface area contributed by atoms with Crippen LogP contribution < -0.4 is 0 Å². The minimum absolute atomic E-state index is 0.295. The highest BCUT2D eigenvalue weighted by atomic mass is 79.9. The largest absolute Gasteiger partial charge is 0.478 e. The molecule has 138 valence electrons. The maximum Gasteiger partial charge on any atom is 0.339 e. The van der Waals surface area contributed by atoms with E-state index in [9.17, 15) is 9.59 Å². The summed E-state index contributed by atoms with van der Waals surface area (Å²) in [5.74, 6) is -1.25. The molecular formula is C19H14Br2N2O4. The van der Waals surface area contributed by atoms with Crippen molar-refractivity contribution >= 4 is 65.6 Å². The molecule has 0 aliphatic heterocycles. The van der Waals surface area contributed by atoms with Gasteiger partial charge in [0.25, 0.3) is 0 Å². The van der Waals surface area contributed by atoms with Crippen LogP contribution in [0.1, 0.15) is 20.7 Å². The van der Waals surface area contributed by atoms with Crippen LogP contribution in [0.2, 0.25) is 0 Å². The van der Waals surface area contributed by atoms with Crippen LogP contribution in [0.3, 0.4) is 0 Å².